The molecule has 0 saturated carbocycles. The van der Waals surface area contributed by atoms with Crippen LogP contribution in [0.5, 0.6) is 0 Å². The van der Waals surface area contributed by atoms with E-state index < -0.39 is 0 Å². The monoisotopic (exact) mass is 174 g/mol. The Morgan fingerprint density at radius 3 is 2.85 bits per heavy atom. The number of aromatic amines is 1. The first-order valence-electron chi connectivity index (χ1n) is 3.75. The third kappa shape index (κ3) is 1.22. The number of para-hydroxylation sites is 1. The molecular formula is C9H6N2O2. The molecule has 0 aliphatic heterocycles. The molecule has 0 bridgehead atoms. The van der Waals surface area contributed by atoms with E-state index in [0.717, 1.165) is 0 Å². The molecule has 1 aromatic carbocycles. The SMILES string of the molecule is O=Cc1nc2ccccc2c(=O)[nH]1. The van der Waals surface area contributed by atoms with Crippen LogP contribution in [0.25, 0.3) is 10.9 Å². The molecule has 1 N–H and O–H groups in total. The highest BCUT2D eigenvalue weighted by Gasteiger charge is 2.00. The maximum atomic E-state index is 11.3. The first kappa shape index (κ1) is 7.67. The fraction of sp³-hybridized carbons (Fsp3) is 0. The lowest BCUT2D eigenvalue weighted by molar-refractivity contribution is 0.111. The van der Waals surface area contributed by atoms with E-state index in [2.05, 4.69) is 9.97 Å². The van der Waals surface area contributed by atoms with Crippen molar-refractivity contribution in [3.8, 4) is 0 Å². The Morgan fingerprint density at radius 2 is 2.08 bits per heavy atom. The van der Waals surface area contributed by atoms with Crippen LogP contribution < -0.4 is 5.56 Å². The Balaban J connectivity index is 2.92. The standard InChI is InChI=1S/C9H6N2O2/c12-5-8-10-7-4-2-1-3-6(7)9(13)11-8/h1-5H,(H,10,11,13). The summed E-state index contributed by atoms with van der Waals surface area (Å²) in [7, 11) is 0. The highest BCUT2D eigenvalue weighted by Crippen LogP contribution is 2.04. The van der Waals surface area contributed by atoms with Crippen LogP contribution in [-0.4, -0.2) is 16.3 Å². The average molecular weight is 174 g/mol. The van der Waals surface area contributed by atoms with Gasteiger partial charge in [0.1, 0.15) is 0 Å². The van der Waals surface area contributed by atoms with Crippen molar-refractivity contribution in [2.75, 3.05) is 0 Å². The van der Waals surface area contributed by atoms with Gasteiger partial charge in [0.2, 0.25) is 0 Å². The molecule has 2 aromatic rings. The molecule has 0 unspecified atom stereocenters. The lowest BCUT2D eigenvalue weighted by Gasteiger charge is -1.95. The van der Waals surface area contributed by atoms with E-state index in [1.807, 2.05) is 0 Å². The molecule has 0 aliphatic rings. The number of aldehydes is 1. The van der Waals surface area contributed by atoms with E-state index in [1.54, 1.807) is 24.3 Å². The van der Waals surface area contributed by atoms with Crippen LogP contribution in [0.4, 0.5) is 0 Å². The smallest absolute Gasteiger partial charge is 0.259 e. The molecule has 0 aliphatic carbocycles. The van der Waals surface area contributed by atoms with Gasteiger partial charge in [-0.05, 0) is 12.1 Å². The van der Waals surface area contributed by atoms with Crippen LogP contribution in [0.3, 0.4) is 0 Å². The summed E-state index contributed by atoms with van der Waals surface area (Å²) in [6, 6.07) is 6.87. The van der Waals surface area contributed by atoms with Crippen LogP contribution in [0.15, 0.2) is 29.1 Å². The van der Waals surface area contributed by atoms with Crippen molar-refractivity contribution >= 4 is 17.2 Å². The highest BCUT2D eigenvalue weighted by molar-refractivity contribution is 5.80. The molecule has 2 rings (SSSR count). The zero-order chi connectivity index (χ0) is 9.26. The van der Waals surface area contributed by atoms with Crippen molar-refractivity contribution in [2.24, 2.45) is 0 Å². The third-order valence-corrected chi connectivity index (χ3v) is 1.74. The predicted molar refractivity (Wildman–Crippen MR) is 47.8 cm³/mol. The van der Waals surface area contributed by atoms with E-state index in [0.29, 0.717) is 17.2 Å². The molecule has 0 fully saturated rings. The van der Waals surface area contributed by atoms with E-state index in [9.17, 15) is 9.59 Å². The minimum absolute atomic E-state index is 0.0590. The number of aromatic nitrogens is 2. The van der Waals surface area contributed by atoms with Crippen molar-refractivity contribution in [1.82, 2.24) is 9.97 Å². The van der Waals surface area contributed by atoms with Gasteiger partial charge in [-0.2, -0.15) is 0 Å². The van der Waals surface area contributed by atoms with Gasteiger partial charge in [0.05, 0.1) is 10.9 Å². The molecule has 0 atom stereocenters. The van der Waals surface area contributed by atoms with Crippen molar-refractivity contribution in [2.45, 2.75) is 0 Å². The first-order chi connectivity index (χ1) is 6.31. The molecule has 4 nitrogen and oxygen atoms in total. The van der Waals surface area contributed by atoms with Crippen LogP contribution in [0.2, 0.25) is 0 Å². The van der Waals surface area contributed by atoms with Gasteiger partial charge >= 0.3 is 0 Å². The van der Waals surface area contributed by atoms with Gasteiger partial charge in [-0.1, -0.05) is 12.1 Å². The summed E-state index contributed by atoms with van der Waals surface area (Å²) in [6.07, 6.45) is 0.522. The second-order valence-corrected chi connectivity index (χ2v) is 2.59. The Labute approximate surface area is 73.2 Å². The Morgan fingerprint density at radius 1 is 1.31 bits per heavy atom. The van der Waals surface area contributed by atoms with Gasteiger partial charge in [0, 0.05) is 0 Å². The maximum Gasteiger partial charge on any atom is 0.259 e. The molecule has 13 heavy (non-hydrogen) atoms. The summed E-state index contributed by atoms with van der Waals surface area (Å²) in [4.78, 5) is 28.0. The van der Waals surface area contributed by atoms with Crippen LogP contribution in [0, 0.1) is 0 Å². The molecule has 0 saturated heterocycles. The zero-order valence-corrected chi connectivity index (χ0v) is 6.65. The van der Waals surface area contributed by atoms with Crippen molar-refractivity contribution in [3.63, 3.8) is 0 Å². The number of nitrogens with zero attached hydrogens (tertiary/aromatic N) is 1. The number of nitrogens with one attached hydrogen (secondary N) is 1. The van der Waals surface area contributed by atoms with E-state index in [-0.39, 0.29) is 11.4 Å². The maximum absolute atomic E-state index is 11.3. The Kier molecular flexibility index (Phi) is 1.66. The quantitative estimate of drug-likeness (QED) is 0.648. The molecule has 4 heteroatoms. The molecular weight excluding hydrogens is 168 g/mol. The summed E-state index contributed by atoms with van der Waals surface area (Å²) in [5.41, 5.74) is 0.251. The van der Waals surface area contributed by atoms with Gasteiger partial charge in [-0.3, -0.25) is 9.59 Å². The zero-order valence-electron chi connectivity index (χ0n) is 6.65. The molecule has 0 amide bonds. The van der Waals surface area contributed by atoms with E-state index in [4.69, 9.17) is 0 Å². The van der Waals surface area contributed by atoms with Crippen LogP contribution in [-0.2, 0) is 0 Å². The second-order valence-electron chi connectivity index (χ2n) is 2.59. The Bertz CT molecular complexity index is 516. The molecule has 0 radical (unpaired) electrons. The number of carbonyl (C=O) groups is 1. The van der Waals surface area contributed by atoms with Gasteiger partial charge in [-0.15, -0.1) is 0 Å². The van der Waals surface area contributed by atoms with E-state index >= 15 is 0 Å². The Hall–Kier alpha value is -1.97. The summed E-state index contributed by atoms with van der Waals surface area (Å²) in [6.45, 7) is 0. The summed E-state index contributed by atoms with van der Waals surface area (Å²) in [5, 5.41) is 0.494. The van der Waals surface area contributed by atoms with Crippen LogP contribution in [0.1, 0.15) is 10.6 Å². The fourth-order valence-corrected chi connectivity index (χ4v) is 1.16. The molecule has 64 valence electrons. The minimum atomic E-state index is -0.285. The largest absolute Gasteiger partial charge is 0.304 e. The number of rotatable bonds is 1. The van der Waals surface area contributed by atoms with E-state index in [1.165, 1.54) is 0 Å². The summed E-state index contributed by atoms with van der Waals surface area (Å²) >= 11 is 0. The number of carbonyl (C=O) groups excluding carboxylic acids is 1. The number of benzene rings is 1. The minimum Gasteiger partial charge on any atom is -0.304 e. The second kappa shape index (κ2) is 2.82. The predicted octanol–water partition coefficient (Wildman–Crippen LogP) is 0.736. The molecule has 1 aromatic heterocycles. The number of H-pyrrole nitrogens is 1. The van der Waals surface area contributed by atoms with Crippen molar-refractivity contribution < 1.29 is 4.79 Å². The summed E-state index contributed by atoms with van der Waals surface area (Å²) in [5.74, 6) is 0.0590. The molecule has 1 heterocycles. The fourth-order valence-electron chi connectivity index (χ4n) is 1.16. The number of hydrogen-bond donors (Lipinski definition) is 1. The van der Waals surface area contributed by atoms with Crippen LogP contribution >= 0.6 is 0 Å². The number of hydrogen-bond acceptors (Lipinski definition) is 3. The van der Waals surface area contributed by atoms with Gasteiger partial charge in [0.25, 0.3) is 5.56 Å². The number of fused-ring (bicyclic) bond motifs is 1. The van der Waals surface area contributed by atoms with Gasteiger partial charge in [0.15, 0.2) is 12.1 Å². The van der Waals surface area contributed by atoms with Crippen molar-refractivity contribution in [3.05, 3.63) is 40.4 Å². The third-order valence-electron chi connectivity index (χ3n) is 1.74. The lowest BCUT2D eigenvalue weighted by Crippen LogP contribution is -2.10. The normalized spacial score (nSPS) is 10.2. The summed E-state index contributed by atoms with van der Waals surface area (Å²) < 4.78 is 0. The topological polar surface area (TPSA) is 62.8 Å². The van der Waals surface area contributed by atoms with Gasteiger partial charge < -0.3 is 4.98 Å². The van der Waals surface area contributed by atoms with Crippen molar-refractivity contribution in [1.29, 1.82) is 0 Å². The molecule has 0 spiro atoms. The first-order valence-corrected chi connectivity index (χ1v) is 3.75. The van der Waals surface area contributed by atoms with Gasteiger partial charge in [-0.25, -0.2) is 4.98 Å². The average Bonchev–Trinajstić information content (AvgIpc) is 2.18. The lowest BCUT2D eigenvalue weighted by atomic mass is 10.2. The highest BCUT2D eigenvalue weighted by atomic mass is 16.1.